The van der Waals surface area contributed by atoms with Crippen LogP contribution < -0.4 is 10.2 Å². The fraction of sp³-hybridized carbons (Fsp3) is 0.278. The van der Waals surface area contributed by atoms with E-state index in [1.54, 1.807) is 0 Å². The summed E-state index contributed by atoms with van der Waals surface area (Å²) < 4.78 is 5.67. The van der Waals surface area contributed by atoms with Gasteiger partial charge >= 0.3 is 0 Å². The fourth-order valence-corrected chi connectivity index (χ4v) is 2.51. The predicted octanol–water partition coefficient (Wildman–Crippen LogP) is 3.33. The van der Waals surface area contributed by atoms with E-state index in [4.69, 9.17) is 4.42 Å². The molecule has 3 rings (SSSR count). The molecule has 0 saturated heterocycles. The van der Waals surface area contributed by atoms with Gasteiger partial charge in [-0.05, 0) is 36.8 Å². The second kappa shape index (κ2) is 6.71. The molecule has 0 aliphatic carbocycles. The zero-order valence-corrected chi connectivity index (χ0v) is 13.8. The molecule has 0 saturated carbocycles. The van der Waals surface area contributed by atoms with Crippen LogP contribution in [0.4, 0.5) is 5.69 Å². The highest BCUT2D eigenvalue weighted by molar-refractivity contribution is 5.56. The van der Waals surface area contributed by atoms with Gasteiger partial charge in [-0.25, -0.2) is 0 Å². The van der Waals surface area contributed by atoms with Crippen molar-refractivity contribution < 1.29 is 4.42 Å². The second-order valence-electron chi connectivity index (χ2n) is 5.85. The number of hydrogen-bond acceptors (Lipinski definition) is 4. The van der Waals surface area contributed by atoms with Crippen molar-refractivity contribution in [1.29, 1.82) is 0 Å². The lowest BCUT2D eigenvalue weighted by Gasteiger charge is -2.13. The maximum absolute atomic E-state index is 5.67. The maximum atomic E-state index is 5.67. The topological polar surface area (TPSA) is 57.1 Å². The molecule has 0 amide bonds. The van der Waals surface area contributed by atoms with Crippen molar-refractivity contribution in [3.05, 3.63) is 59.5 Å². The molecule has 0 unspecified atom stereocenters. The number of nitrogens with zero attached hydrogens (tertiary/aromatic N) is 2. The molecule has 120 valence electrons. The molecule has 5 nitrogen and oxygen atoms in total. The van der Waals surface area contributed by atoms with Gasteiger partial charge in [0.05, 0.1) is 6.20 Å². The molecule has 0 spiro atoms. The van der Waals surface area contributed by atoms with Crippen LogP contribution in [0.5, 0.6) is 0 Å². The number of nitrogens with one attached hydrogen (secondary N) is 2. The lowest BCUT2D eigenvalue weighted by Crippen LogP contribution is -2.14. The van der Waals surface area contributed by atoms with Crippen molar-refractivity contribution >= 4 is 5.69 Å². The zero-order chi connectivity index (χ0) is 16.2. The first-order valence-corrected chi connectivity index (χ1v) is 7.69. The second-order valence-corrected chi connectivity index (χ2v) is 5.85. The molecular formula is C18H22N4O. The first kappa shape index (κ1) is 15.4. The third-order valence-electron chi connectivity index (χ3n) is 3.78. The van der Waals surface area contributed by atoms with Crippen LogP contribution in [-0.4, -0.2) is 24.3 Å². The van der Waals surface area contributed by atoms with Crippen LogP contribution in [0.2, 0.25) is 0 Å². The van der Waals surface area contributed by atoms with Gasteiger partial charge in [-0.15, -0.1) is 0 Å². The van der Waals surface area contributed by atoms with Gasteiger partial charge < -0.3 is 14.6 Å². The number of furan rings is 1. The first-order valence-electron chi connectivity index (χ1n) is 7.69. The summed E-state index contributed by atoms with van der Waals surface area (Å²) in [5.74, 6) is 1.72. The summed E-state index contributed by atoms with van der Waals surface area (Å²) in [5, 5.41) is 10.6. The predicted molar refractivity (Wildman–Crippen MR) is 92.3 cm³/mol. The Hall–Kier alpha value is -2.53. The monoisotopic (exact) mass is 310 g/mol. The molecule has 0 atom stereocenters. The molecular weight excluding hydrogens is 288 g/mol. The number of aromatic nitrogens is 2. The zero-order valence-electron chi connectivity index (χ0n) is 13.8. The SMILES string of the molecule is Cc1ccc(-c2[nH]ncc2CNCc2cccc(N(C)C)c2)o1. The van der Waals surface area contributed by atoms with Gasteiger partial charge in [0.25, 0.3) is 0 Å². The third kappa shape index (κ3) is 3.63. The molecule has 0 bridgehead atoms. The van der Waals surface area contributed by atoms with E-state index in [-0.39, 0.29) is 0 Å². The van der Waals surface area contributed by atoms with Crippen LogP contribution in [0.25, 0.3) is 11.5 Å². The van der Waals surface area contributed by atoms with Crippen molar-refractivity contribution in [3.8, 4) is 11.5 Å². The van der Waals surface area contributed by atoms with Gasteiger partial charge in [0.1, 0.15) is 11.5 Å². The largest absolute Gasteiger partial charge is 0.460 e. The Labute approximate surface area is 136 Å². The Morgan fingerprint density at radius 3 is 2.78 bits per heavy atom. The number of rotatable bonds is 6. The van der Waals surface area contributed by atoms with E-state index < -0.39 is 0 Å². The van der Waals surface area contributed by atoms with Gasteiger partial charge in [-0.3, -0.25) is 5.10 Å². The van der Waals surface area contributed by atoms with Crippen molar-refractivity contribution in [1.82, 2.24) is 15.5 Å². The highest BCUT2D eigenvalue weighted by Crippen LogP contribution is 2.23. The van der Waals surface area contributed by atoms with E-state index in [0.717, 1.165) is 35.9 Å². The van der Waals surface area contributed by atoms with Crippen LogP contribution in [0.3, 0.4) is 0 Å². The highest BCUT2D eigenvalue weighted by Gasteiger charge is 2.10. The minimum Gasteiger partial charge on any atom is -0.460 e. The number of anilines is 1. The molecule has 2 heterocycles. The maximum Gasteiger partial charge on any atom is 0.152 e. The van der Waals surface area contributed by atoms with Gasteiger partial charge in [0.2, 0.25) is 0 Å². The summed E-state index contributed by atoms with van der Waals surface area (Å²) in [7, 11) is 4.10. The Kier molecular flexibility index (Phi) is 4.48. The lowest BCUT2D eigenvalue weighted by atomic mass is 10.1. The molecule has 5 heteroatoms. The molecule has 2 N–H and O–H groups in total. The molecule has 3 aromatic rings. The molecule has 2 aromatic heterocycles. The van der Waals surface area contributed by atoms with E-state index in [1.165, 1.54) is 11.3 Å². The summed E-state index contributed by atoms with van der Waals surface area (Å²) in [6, 6.07) is 12.4. The minimum atomic E-state index is 0.734. The van der Waals surface area contributed by atoms with Crippen LogP contribution in [0.15, 0.2) is 47.0 Å². The van der Waals surface area contributed by atoms with Gasteiger partial charge in [0, 0.05) is 38.4 Å². The Bertz CT molecular complexity index is 773. The summed E-state index contributed by atoms with van der Waals surface area (Å²) in [4.78, 5) is 2.11. The standard InChI is InChI=1S/C18H22N4O/c1-13-7-8-17(23-13)18-15(12-20-21-18)11-19-10-14-5-4-6-16(9-14)22(2)3/h4-9,12,19H,10-11H2,1-3H3,(H,20,21). The highest BCUT2D eigenvalue weighted by atomic mass is 16.3. The lowest BCUT2D eigenvalue weighted by molar-refractivity contribution is 0.545. The average Bonchev–Trinajstić information content (AvgIpc) is 3.16. The van der Waals surface area contributed by atoms with E-state index in [9.17, 15) is 0 Å². The van der Waals surface area contributed by atoms with E-state index in [2.05, 4.69) is 58.8 Å². The molecule has 0 aliphatic rings. The number of aryl methyl sites for hydroxylation is 1. The van der Waals surface area contributed by atoms with Crippen LogP contribution >= 0.6 is 0 Å². The third-order valence-corrected chi connectivity index (χ3v) is 3.78. The van der Waals surface area contributed by atoms with Crippen LogP contribution in [0.1, 0.15) is 16.9 Å². The van der Waals surface area contributed by atoms with Gasteiger partial charge in [-0.1, -0.05) is 12.1 Å². The summed E-state index contributed by atoms with van der Waals surface area (Å²) >= 11 is 0. The fourth-order valence-electron chi connectivity index (χ4n) is 2.51. The molecule has 0 radical (unpaired) electrons. The first-order chi connectivity index (χ1) is 11.1. The molecule has 23 heavy (non-hydrogen) atoms. The van der Waals surface area contributed by atoms with Gasteiger partial charge in [-0.2, -0.15) is 5.10 Å². The molecule has 0 fully saturated rings. The Morgan fingerprint density at radius 2 is 2.04 bits per heavy atom. The van der Waals surface area contributed by atoms with Crippen molar-refractivity contribution in [2.75, 3.05) is 19.0 Å². The van der Waals surface area contributed by atoms with E-state index >= 15 is 0 Å². The number of benzene rings is 1. The smallest absolute Gasteiger partial charge is 0.152 e. The summed E-state index contributed by atoms with van der Waals surface area (Å²) in [6.07, 6.45) is 1.84. The molecule has 0 aliphatic heterocycles. The quantitative estimate of drug-likeness (QED) is 0.733. The number of H-pyrrole nitrogens is 1. The molecule has 1 aromatic carbocycles. The van der Waals surface area contributed by atoms with Crippen molar-refractivity contribution in [2.45, 2.75) is 20.0 Å². The van der Waals surface area contributed by atoms with E-state index in [0.29, 0.717) is 0 Å². The van der Waals surface area contributed by atoms with Crippen molar-refractivity contribution in [2.24, 2.45) is 0 Å². The van der Waals surface area contributed by atoms with Crippen LogP contribution in [-0.2, 0) is 13.1 Å². The Morgan fingerprint density at radius 1 is 1.17 bits per heavy atom. The number of hydrogen-bond donors (Lipinski definition) is 2. The normalized spacial score (nSPS) is 10.9. The number of aromatic amines is 1. The van der Waals surface area contributed by atoms with E-state index in [1.807, 2.05) is 25.3 Å². The van der Waals surface area contributed by atoms with Gasteiger partial charge in [0.15, 0.2) is 5.76 Å². The van der Waals surface area contributed by atoms with Crippen molar-refractivity contribution in [3.63, 3.8) is 0 Å². The average molecular weight is 310 g/mol. The minimum absolute atomic E-state index is 0.734. The van der Waals surface area contributed by atoms with Crippen LogP contribution in [0, 0.1) is 6.92 Å². The Balaban J connectivity index is 1.64. The summed E-state index contributed by atoms with van der Waals surface area (Å²) in [6.45, 7) is 3.48. The summed E-state index contributed by atoms with van der Waals surface area (Å²) in [5.41, 5.74) is 4.50.